The van der Waals surface area contributed by atoms with Gasteiger partial charge in [0.1, 0.15) is 0 Å². The van der Waals surface area contributed by atoms with Crippen molar-refractivity contribution in [1.82, 2.24) is 19.9 Å². The summed E-state index contributed by atoms with van der Waals surface area (Å²) in [5.41, 5.74) is 1.38. The summed E-state index contributed by atoms with van der Waals surface area (Å²) in [6.45, 7) is 15.5. The van der Waals surface area contributed by atoms with Crippen LogP contribution in [0.15, 0.2) is 24.0 Å². The van der Waals surface area contributed by atoms with Crippen molar-refractivity contribution in [3.63, 3.8) is 0 Å². The zero-order valence-corrected chi connectivity index (χ0v) is 22.6. The van der Waals surface area contributed by atoms with E-state index in [1.807, 2.05) is 59.9 Å². The van der Waals surface area contributed by atoms with E-state index >= 15 is 0 Å². The summed E-state index contributed by atoms with van der Waals surface area (Å²) in [7, 11) is 2.13. The van der Waals surface area contributed by atoms with E-state index < -0.39 is 17.5 Å². The highest BCUT2D eigenvalue weighted by Crippen LogP contribution is 2.30. The van der Waals surface area contributed by atoms with Crippen LogP contribution in [0.1, 0.15) is 52.8 Å². The first-order valence-corrected chi connectivity index (χ1v) is 13.5. The molecule has 0 spiro atoms. The minimum absolute atomic E-state index is 0.190. The van der Waals surface area contributed by atoms with Gasteiger partial charge in [0.15, 0.2) is 10.9 Å². The predicted octanol–water partition coefficient (Wildman–Crippen LogP) is 3.76. The van der Waals surface area contributed by atoms with E-state index in [1.165, 1.54) is 0 Å². The Morgan fingerprint density at radius 1 is 1.30 bits per heavy atom. The summed E-state index contributed by atoms with van der Waals surface area (Å²) >= 11 is 0.358. The molecule has 186 valence electrons. The Bertz CT molecular complexity index is 824. The Morgan fingerprint density at radius 2 is 1.97 bits per heavy atom. The van der Waals surface area contributed by atoms with Crippen LogP contribution in [0.4, 0.5) is 9.93 Å². The molecule has 1 unspecified atom stereocenters. The number of carbonyl (C=O) groups is 1. The summed E-state index contributed by atoms with van der Waals surface area (Å²) in [6, 6.07) is 0. The standard InChI is InChI=1S/C23H39N5O3S2/c1-8-19(25-22(29)31-17(2)3)10-9-18(16-33(30)26-23(4,5)6)20-15-24-21(32-20)28-13-11-27(7)12-14-28/h9-10,15,17,26H,8,11-14,16H2,1-7H3,(H,25,29)/b18-9+,19-10+. The quantitative estimate of drug-likeness (QED) is 0.396. The maximum absolute atomic E-state index is 12.8. The van der Waals surface area contributed by atoms with Gasteiger partial charge < -0.3 is 19.1 Å². The van der Waals surface area contributed by atoms with Gasteiger partial charge in [0.25, 0.3) is 0 Å². The lowest BCUT2D eigenvalue weighted by Gasteiger charge is -2.32. The molecule has 33 heavy (non-hydrogen) atoms. The number of alkyl carbamates (subject to hydrolysis) is 1. The zero-order valence-electron chi connectivity index (χ0n) is 20.9. The second-order valence-electron chi connectivity index (χ2n) is 9.46. The fourth-order valence-corrected chi connectivity index (χ4v) is 5.47. The van der Waals surface area contributed by atoms with Crippen LogP contribution in [0, 0.1) is 0 Å². The van der Waals surface area contributed by atoms with Crippen LogP contribution < -0.4 is 14.9 Å². The Labute approximate surface area is 205 Å². The molecule has 1 amide bonds. The van der Waals surface area contributed by atoms with Gasteiger partial charge >= 0.3 is 6.09 Å². The number of allylic oxidation sites excluding steroid dienone is 3. The molecule has 2 heterocycles. The summed E-state index contributed by atoms with van der Waals surface area (Å²) in [5, 5.41) is 3.78. The molecule has 1 aromatic heterocycles. The summed E-state index contributed by atoms with van der Waals surface area (Å²) in [4.78, 5) is 22.2. The Morgan fingerprint density at radius 3 is 2.55 bits per heavy atom. The molecule has 1 fully saturated rings. The summed E-state index contributed by atoms with van der Waals surface area (Å²) in [6.07, 6.45) is 5.62. The molecular formula is C23H39N5O3S2. The second kappa shape index (κ2) is 12.8. The van der Waals surface area contributed by atoms with E-state index in [0.717, 1.165) is 47.5 Å². The van der Waals surface area contributed by atoms with Crippen LogP contribution in [0.3, 0.4) is 0 Å². The number of ether oxygens (including phenoxy) is 1. The minimum atomic E-state index is -1.26. The number of likely N-dealkylation sites (N-methyl/N-ethyl adjacent to an activating group) is 1. The third-order valence-corrected chi connectivity index (χ3v) is 7.31. The largest absolute Gasteiger partial charge is 0.598 e. The molecule has 1 aliphatic rings. The van der Waals surface area contributed by atoms with Crippen molar-refractivity contribution in [1.29, 1.82) is 0 Å². The first-order chi connectivity index (χ1) is 15.5. The van der Waals surface area contributed by atoms with Gasteiger partial charge in [-0.05, 0) is 54.2 Å². The Balaban J connectivity index is 2.24. The fourth-order valence-electron chi connectivity index (χ4n) is 3.10. The first kappa shape index (κ1) is 27.7. The van der Waals surface area contributed by atoms with Crippen molar-refractivity contribution in [2.45, 2.75) is 59.6 Å². The molecule has 1 saturated heterocycles. The molecule has 1 atom stereocenters. The number of carbonyl (C=O) groups excluding carboxylic acids is 1. The monoisotopic (exact) mass is 497 g/mol. The maximum Gasteiger partial charge on any atom is 0.411 e. The van der Waals surface area contributed by atoms with Crippen molar-refractivity contribution in [2.75, 3.05) is 43.9 Å². The van der Waals surface area contributed by atoms with Gasteiger partial charge in [-0.15, -0.1) is 4.72 Å². The number of rotatable bonds is 9. The van der Waals surface area contributed by atoms with Crippen molar-refractivity contribution in [3.8, 4) is 0 Å². The van der Waals surface area contributed by atoms with Crippen molar-refractivity contribution in [3.05, 3.63) is 28.9 Å². The maximum atomic E-state index is 12.8. The molecule has 2 N–H and O–H groups in total. The van der Waals surface area contributed by atoms with Crippen LogP contribution in [0.25, 0.3) is 5.57 Å². The van der Waals surface area contributed by atoms with Gasteiger partial charge in [0, 0.05) is 55.0 Å². The van der Waals surface area contributed by atoms with Crippen LogP contribution in [-0.4, -0.2) is 71.2 Å². The highest BCUT2D eigenvalue weighted by atomic mass is 32.2. The number of hydrogen-bond donors (Lipinski definition) is 2. The normalized spacial score (nSPS) is 17.4. The highest BCUT2D eigenvalue weighted by molar-refractivity contribution is 7.90. The molecule has 10 heteroatoms. The summed E-state index contributed by atoms with van der Waals surface area (Å²) < 4.78 is 21.1. The number of nitrogens with zero attached hydrogens (tertiary/aromatic N) is 3. The van der Waals surface area contributed by atoms with Gasteiger partial charge in [-0.1, -0.05) is 24.3 Å². The number of nitrogens with one attached hydrogen (secondary N) is 2. The lowest BCUT2D eigenvalue weighted by atomic mass is 10.1. The van der Waals surface area contributed by atoms with Crippen molar-refractivity contribution >= 4 is 39.5 Å². The van der Waals surface area contributed by atoms with E-state index in [4.69, 9.17) is 4.74 Å². The second-order valence-corrected chi connectivity index (χ2v) is 11.6. The molecule has 8 nitrogen and oxygen atoms in total. The molecule has 0 bridgehead atoms. The van der Waals surface area contributed by atoms with E-state index in [1.54, 1.807) is 11.3 Å². The molecular weight excluding hydrogens is 458 g/mol. The average Bonchev–Trinajstić information content (AvgIpc) is 3.18. The molecule has 0 saturated carbocycles. The van der Waals surface area contributed by atoms with E-state index in [2.05, 4.69) is 31.9 Å². The topological polar surface area (TPSA) is 92.8 Å². The van der Waals surface area contributed by atoms with Crippen molar-refractivity contribution in [2.24, 2.45) is 0 Å². The third-order valence-electron chi connectivity index (χ3n) is 4.76. The van der Waals surface area contributed by atoms with Gasteiger partial charge in [0.05, 0.1) is 16.5 Å². The number of thiazole rings is 1. The van der Waals surface area contributed by atoms with Crippen LogP contribution in [0.2, 0.25) is 0 Å². The van der Waals surface area contributed by atoms with Crippen LogP contribution in [-0.2, 0) is 16.1 Å². The Kier molecular flexibility index (Phi) is 10.7. The smallest absolute Gasteiger partial charge is 0.411 e. The number of piperazine rings is 1. The van der Waals surface area contributed by atoms with Crippen LogP contribution >= 0.6 is 11.3 Å². The van der Waals surface area contributed by atoms with E-state index in [-0.39, 0.29) is 11.6 Å². The van der Waals surface area contributed by atoms with Crippen LogP contribution in [0.5, 0.6) is 0 Å². The summed E-state index contributed by atoms with van der Waals surface area (Å²) in [5.74, 6) is 0.339. The number of aromatic nitrogens is 1. The minimum Gasteiger partial charge on any atom is -0.598 e. The molecule has 0 radical (unpaired) electrons. The SMILES string of the molecule is CC/C(=C\C=C(/C[S+]([O-])NC(C)(C)C)c1cnc(N2CCN(C)CC2)s1)NC(=O)OC(C)C. The lowest BCUT2D eigenvalue weighted by Crippen LogP contribution is -2.44. The van der Waals surface area contributed by atoms with Gasteiger partial charge in [-0.2, -0.15) is 0 Å². The van der Waals surface area contributed by atoms with Gasteiger partial charge in [-0.3, -0.25) is 5.32 Å². The molecule has 1 aromatic rings. The molecule has 0 aliphatic carbocycles. The Hall–Kier alpha value is -1.59. The fraction of sp³-hybridized carbons (Fsp3) is 0.652. The highest BCUT2D eigenvalue weighted by Gasteiger charge is 2.23. The zero-order chi connectivity index (χ0) is 24.6. The first-order valence-electron chi connectivity index (χ1n) is 11.4. The number of hydrogen-bond acceptors (Lipinski definition) is 8. The van der Waals surface area contributed by atoms with Gasteiger partial charge in [0.2, 0.25) is 0 Å². The van der Waals surface area contributed by atoms with E-state index in [9.17, 15) is 9.35 Å². The predicted molar refractivity (Wildman–Crippen MR) is 139 cm³/mol. The molecule has 0 aromatic carbocycles. The van der Waals surface area contributed by atoms with Gasteiger partial charge in [-0.25, -0.2) is 9.78 Å². The molecule has 2 rings (SSSR count). The number of anilines is 1. The van der Waals surface area contributed by atoms with Crippen molar-refractivity contribution < 1.29 is 14.1 Å². The lowest BCUT2D eigenvalue weighted by molar-refractivity contribution is 0.118. The third kappa shape index (κ3) is 10.1. The average molecular weight is 498 g/mol. The molecule has 1 aliphatic heterocycles. The van der Waals surface area contributed by atoms with E-state index in [0.29, 0.717) is 12.2 Å². The number of amides is 1.